The molecule has 0 aliphatic heterocycles. The molecule has 0 spiro atoms. The van der Waals surface area contributed by atoms with Gasteiger partial charge >= 0.3 is 0 Å². The Bertz CT molecular complexity index is 573. The van der Waals surface area contributed by atoms with Crippen molar-refractivity contribution in [2.75, 3.05) is 25.9 Å². The van der Waals surface area contributed by atoms with Gasteiger partial charge in [0, 0.05) is 23.8 Å². The number of sulfonamides is 1. The van der Waals surface area contributed by atoms with Crippen molar-refractivity contribution in [2.45, 2.75) is 31.8 Å². The molecule has 1 aromatic carbocycles. The van der Waals surface area contributed by atoms with Gasteiger partial charge in [-0.25, -0.2) is 8.42 Å². The quantitative estimate of drug-likeness (QED) is 0.786. The first-order valence-electron chi connectivity index (χ1n) is 6.29. The van der Waals surface area contributed by atoms with E-state index in [9.17, 15) is 8.42 Å². The van der Waals surface area contributed by atoms with Crippen molar-refractivity contribution in [3.8, 4) is 0 Å². The minimum atomic E-state index is -3.57. The first kappa shape index (κ1) is 17.4. The smallest absolute Gasteiger partial charge is 0.243 e. The Balaban J connectivity index is 2.99. The summed E-state index contributed by atoms with van der Waals surface area (Å²) in [4.78, 5) is 0.219. The van der Waals surface area contributed by atoms with Crippen molar-refractivity contribution in [1.29, 1.82) is 0 Å². The monoisotopic (exact) mass is 364 g/mol. The van der Waals surface area contributed by atoms with Crippen LogP contribution in [0.15, 0.2) is 21.5 Å². The van der Waals surface area contributed by atoms with Crippen molar-refractivity contribution in [3.05, 3.63) is 22.2 Å². The summed E-state index contributed by atoms with van der Waals surface area (Å²) < 4.78 is 32.4. The maximum absolute atomic E-state index is 12.5. The zero-order valence-corrected chi connectivity index (χ0v) is 14.6. The number of nitrogens with zero attached hydrogens (tertiary/aromatic N) is 1. The van der Waals surface area contributed by atoms with Crippen LogP contribution in [0.1, 0.15) is 19.4 Å². The summed E-state index contributed by atoms with van der Waals surface area (Å²) in [7, 11) is -2.03. The van der Waals surface area contributed by atoms with Crippen LogP contribution in [0.3, 0.4) is 0 Å². The van der Waals surface area contributed by atoms with E-state index in [0.717, 1.165) is 0 Å². The lowest BCUT2D eigenvalue weighted by Crippen LogP contribution is -2.31. The molecule has 7 heteroatoms. The highest BCUT2D eigenvalue weighted by Gasteiger charge is 2.24. The number of likely N-dealkylation sites (N-methyl/N-ethyl adjacent to an activating group) is 1. The van der Waals surface area contributed by atoms with E-state index in [4.69, 9.17) is 10.5 Å². The molecule has 1 rings (SSSR count). The Morgan fingerprint density at radius 2 is 2.00 bits per heavy atom. The Morgan fingerprint density at radius 1 is 1.40 bits per heavy atom. The van der Waals surface area contributed by atoms with Crippen LogP contribution < -0.4 is 5.73 Å². The number of nitrogen functional groups attached to an aromatic ring is 1. The molecule has 0 heterocycles. The van der Waals surface area contributed by atoms with Crippen molar-refractivity contribution in [1.82, 2.24) is 4.31 Å². The van der Waals surface area contributed by atoms with Gasteiger partial charge in [-0.2, -0.15) is 4.31 Å². The molecule has 0 unspecified atom stereocenters. The van der Waals surface area contributed by atoms with Gasteiger partial charge in [0.1, 0.15) is 0 Å². The minimum Gasteiger partial charge on any atom is -0.398 e. The molecule has 0 aromatic heterocycles. The van der Waals surface area contributed by atoms with Gasteiger partial charge in [0.05, 0.1) is 17.6 Å². The average molecular weight is 365 g/mol. The molecule has 2 N–H and O–H groups in total. The first-order chi connectivity index (χ1) is 9.16. The van der Waals surface area contributed by atoms with Gasteiger partial charge < -0.3 is 10.5 Å². The fourth-order valence-electron chi connectivity index (χ4n) is 1.65. The number of ether oxygens (including phenoxy) is 1. The summed E-state index contributed by atoms with van der Waals surface area (Å²) in [5.74, 6) is 0. The van der Waals surface area contributed by atoms with Crippen LogP contribution in [0.4, 0.5) is 5.69 Å². The lowest BCUT2D eigenvalue weighted by Gasteiger charge is -2.20. The van der Waals surface area contributed by atoms with Crippen LogP contribution in [-0.2, 0) is 14.8 Å². The second-order valence-electron chi connectivity index (χ2n) is 4.86. The summed E-state index contributed by atoms with van der Waals surface area (Å²) >= 11 is 3.27. The van der Waals surface area contributed by atoms with Crippen LogP contribution in [0, 0.1) is 6.92 Å². The number of anilines is 1. The third-order valence-corrected chi connectivity index (χ3v) is 5.35. The van der Waals surface area contributed by atoms with Crippen LogP contribution in [0.25, 0.3) is 0 Å². The summed E-state index contributed by atoms with van der Waals surface area (Å²) in [6, 6.07) is 3.26. The van der Waals surface area contributed by atoms with E-state index in [1.807, 2.05) is 13.8 Å². The lowest BCUT2D eigenvalue weighted by atomic mass is 10.2. The van der Waals surface area contributed by atoms with Crippen molar-refractivity contribution < 1.29 is 13.2 Å². The van der Waals surface area contributed by atoms with E-state index in [0.29, 0.717) is 28.9 Å². The number of nitrogens with two attached hydrogens (primary N) is 1. The van der Waals surface area contributed by atoms with E-state index in [-0.39, 0.29) is 11.0 Å². The molecule has 0 aliphatic carbocycles. The molecule has 0 fully saturated rings. The fourth-order valence-corrected chi connectivity index (χ4v) is 3.71. The van der Waals surface area contributed by atoms with Crippen molar-refractivity contribution in [3.63, 3.8) is 0 Å². The summed E-state index contributed by atoms with van der Waals surface area (Å²) in [5.41, 5.74) is 6.83. The highest BCUT2D eigenvalue weighted by atomic mass is 79.9. The molecule has 20 heavy (non-hydrogen) atoms. The highest BCUT2D eigenvalue weighted by Crippen LogP contribution is 2.28. The van der Waals surface area contributed by atoms with Crippen LogP contribution >= 0.6 is 15.9 Å². The van der Waals surface area contributed by atoms with Gasteiger partial charge in [-0.15, -0.1) is 0 Å². The Morgan fingerprint density at radius 3 is 2.55 bits per heavy atom. The van der Waals surface area contributed by atoms with Gasteiger partial charge in [-0.3, -0.25) is 0 Å². The molecular formula is C13H21BrN2O3S. The average Bonchev–Trinajstić information content (AvgIpc) is 2.32. The molecule has 5 nitrogen and oxygen atoms in total. The maximum atomic E-state index is 12.5. The first-order valence-corrected chi connectivity index (χ1v) is 8.53. The summed E-state index contributed by atoms with van der Waals surface area (Å²) in [6.07, 6.45) is 0.0781. The highest BCUT2D eigenvalue weighted by molar-refractivity contribution is 9.10. The van der Waals surface area contributed by atoms with Crippen LogP contribution in [-0.4, -0.2) is 39.0 Å². The van der Waals surface area contributed by atoms with E-state index >= 15 is 0 Å². The molecule has 0 atom stereocenters. The predicted octanol–water partition coefficient (Wildman–Crippen LogP) is 2.39. The van der Waals surface area contributed by atoms with Crippen LogP contribution in [0.2, 0.25) is 0 Å². The maximum Gasteiger partial charge on any atom is 0.243 e. The van der Waals surface area contributed by atoms with Crippen LogP contribution in [0.5, 0.6) is 0 Å². The second-order valence-corrected chi connectivity index (χ2v) is 7.79. The van der Waals surface area contributed by atoms with Crippen molar-refractivity contribution >= 4 is 31.6 Å². The Labute approximate surface area is 129 Å². The molecule has 0 aliphatic rings. The molecule has 0 radical (unpaired) electrons. The zero-order chi connectivity index (χ0) is 15.5. The topological polar surface area (TPSA) is 72.6 Å². The van der Waals surface area contributed by atoms with E-state index in [1.54, 1.807) is 19.1 Å². The minimum absolute atomic E-state index is 0.0781. The van der Waals surface area contributed by atoms with E-state index in [2.05, 4.69) is 15.9 Å². The van der Waals surface area contributed by atoms with Gasteiger partial charge in [-0.05, 0) is 38.5 Å². The Kier molecular flexibility index (Phi) is 6.00. The zero-order valence-electron chi connectivity index (χ0n) is 12.2. The molecular weight excluding hydrogens is 344 g/mol. The van der Waals surface area contributed by atoms with Gasteiger partial charge in [0.25, 0.3) is 0 Å². The Hall–Kier alpha value is -0.630. The SMILES string of the molecule is Cc1c(N)cc(Br)cc1S(=O)(=O)N(C)CCOC(C)C. The van der Waals surface area contributed by atoms with E-state index in [1.165, 1.54) is 11.4 Å². The van der Waals surface area contributed by atoms with Gasteiger partial charge in [0.2, 0.25) is 10.0 Å². The second kappa shape index (κ2) is 6.89. The largest absolute Gasteiger partial charge is 0.398 e. The third kappa shape index (κ3) is 4.18. The van der Waals surface area contributed by atoms with Gasteiger partial charge in [-0.1, -0.05) is 15.9 Å². The molecule has 114 valence electrons. The third-order valence-electron chi connectivity index (χ3n) is 2.91. The standard InChI is InChI=1S/C13H21BrN2O3S/c1-9(2)19-6-5-16(4)20(17,18)13-8-11(14)7-12(15)10(13)3/h7-9H,5-6,15H2,1-4H3. The number of rotatable bonds is 6. The lowest BCUT2D eigenvalue weighted by molar-refractivity contribution is 0.0737. The predicted molar refractivity (Wildman–Crippen MR) is 84.2 cm³/mol. The van der Waals surface area contributed by atoms with Gasteiger partial charge in [0.15, 0.2) is 0 Å². The van der Waals surface area contributed by atoms with Crippen molar-refractivity contribution in [2.24, 2.45) is 0 Å². The molecule has 0 saturated carbocycles. The number of benzene rings is 1. The fraction of sp³-hybridized carbons (Fsp3) is 0.538. The molecule has 0 saturated heterocycles. The number of halogens is 1. The molecule has 0 bridgehead atoms. The van der Waals surface area contributed by atoms with E-state index < -0.39 is 10.0 Å². The summed E-state index contributed by atoms with van der Waals surface area (Å²) in [6.45, 7) is 6.18. The number of hydrogen-bond donors (Lipinski definition) is 1. The summed E-state index contributed by atoms with van der Waals surface area (Å²) in [5, 5.41) is 0. The molecule has 0 amide bonds. The normalized spacial score (nSPS) is 12.3. The molecule has 1 aromatic rings. The number of hydrogen-bond acceptors (Lipinski definition) is 4.